The molecule has 6 nitrogen and oxygen atoms in total. The summed E-state index contributed by atoms with van der Waals surface area (Å²) in [6, 6.07) is 9.55. The topological polar surface area (TPSA) is 110 Å². The molecule has 6 heteroatoms. The number of nitriles is 2. The number of hydrogen-bond acceptors (Lipinski definition) is 5. The quantitative estimate of drug-likeness (QED) is 0.824. The van der Waals surface area contributed by atoms with Crippen molar-refractivity contribution in [3.8, 4) is 23.3 Å². The Balaban J connectivity index is 2.32. The summed E-state index contributed by atoms with van der Waals surface area (Å²) < 4.78 is 0. The van der Waals surface area contributed by atoms with Gasteiger partial charge in [0.25, 0.3) is 5.56 Å². The van der Waals surface area contributed by atoms with Crippen LogP contribution in [0.3, 0.4) is 0 Å². The third-order valence-corrected chi connectivity index (χ3v) is 3.96. The second-order valence-corrected chi connectivity index (χ2v) is 5.23. The molecule has 3 rings (SSSR count). The maximum absolute atomic E-state index is 11.9. The Kier molecular flexibility index (Phi) is 3.08. The van der Waals surface area contributed by atoms with Gasteiger partial charge in [0.05, 0.1) is 0 Å². The number of fused-ring (bicyclic) bond motifs is 1. The van der Waals surface area contributed by atoms with Gasteiger partial charge in [-0.25, -0.2) is 0 Å². The van der Waals surface area contributed by atoms with Gasteiger partial charge in [-0.2, -0.15) is 10.5 Å². The fraction of sp³-hybridized carbons (Fsp3) is 0.188. The van der Waals surface area contributed by atoms with Gasteiger partial charge < -0.3 is 15.6 Å². The Morgan fingerprint density at radius 1 is 1.27 bits per heavy atom. The van der Waals surface area contributed by atoms with Gasteiger partial charge in [-0.1, -0.05) is 6.07 Å². The third kappa shape index (κ3) is 1.90. The first-order chi connectivity index (χ1) is 10.6. The average Bonchev–Trinajstić information content (AvgIpc) is 2.87. The van der Waals surface area contributed by atoms with Crippen LogP contribution in [0.1, 0.15) is 16.7 Å². The molecule has 2 heterocycles. The Hall–Kier alpha value is -3.25. The number of hydrogen-bond donors (Lipinski definition) is 2. The number of rotatable bonds is 1. The van der Waals surface area contributed by atoms with Gasteiger partial charge in [0.15, 0.2) is 0 Å². The van der Waals surface area contributed by atoms with Crippen molar-refractivity contribution in [2.45, 2.75) is 6.42 Å². The van der Waals surface area contributed by atoms with Crippen LogP contribution in [0.25, 0.3) is 11.1 Å². The number of pyridine rings is 1. The van der Waals surface area contributed by atoms with Gasteiger partial charge in [0, 0.05) is 24.8 Å². The lowest BCUT2D eigenvalue weighted by Gasteiger charge is -2.13. The SMILES string of the molecule is CN1CCc2cc(-c3c(C#N)c(N)[nH]c(=O)c3C#N)ccc21. The van der Waals surface area contributed by atoms with Gasteiger partial charge in [-0.3, -0.25) is 4.79 Å². The summed E-state index contributed by atoms with van der Waals surface area (Å²) >= 11 is 0. The van der Waals surface area contributed by atoms with Gasteiger partial charge in [0.2, 0.25) is 0 Å². The maximum atomic E-state index is 11.9. The van der Waals surface area contributed by atoms with Crippen molar-refractivity contribution in [3.63, 3.8) is 0 Å². The molecule has 1 aliphatic rings. The highest BCUT2D eigenvalue weighted by atomic mass is 16.1. The molecule has 0 fully saturated rings. The Bertz CT molecular complexity index is 914. The molecule has 1 aliphatic heterocycles. The summed E-state index contributed by atoms with van der Waals surface area (Å²) in [5.74, 6) is -0.0147. The number of nitrogens with two attached hydrogens (primary N) is 1. The van der Waals surface area contributed by atoms with E-state index in [-0.39, 0.29) is 16.9 Å². The van der Waals surface area contributed by atoms with Gasteiger partial charge in [0.1, 0.15) is 29.1 Å². The highest BCUT2D eigenvalue weighted by Gasteiger charge is 2.21. The van der Waals surface area contributed by atoms with Crippen LogP contribution in [-0.4, -0.2) is 18.6 Å². The molecular weight excluding hydrogens is 278 g/mol. The van der Waals surface area contributed by atoms with Crippen LogP contribution in [-0.2, 0) is 6.42 Å². The number of H-pyrrole nitrogens is 1. The van der Waals surface area contributed by atoms with Crippen molar-refractivity contribution < 1.29 is 0 Å². The first-order valence-corrected chi connectivity index (χ1v) is 6.77. The predicted octanol–water partition coefficient (Wildman–Crippen LogP) is 1.36. The molecule has 0 spiro atoms. The van der Waals surface area contributed by atoms with E-state index in [0.29, 0.717) is 11.1 Å². The van der Waals surface area contributed by atoms with Crippen molar-refractivity contribution in [2.75, 3.05) is 24.2 Å². The molecule has 1 aromatic carbocycles. The molecule has 0 saturated carbocycles. The van der Waals surface area contributed by atoms with Gasteiger partial charge >= 0.3 is 0 Å². The predicted molar refractivity (Wildman–Crippen MR) is 83.3 cm³/mol. The first kappa shape index (κ1) is 13.7. The van der Waals surface area contributed by atoms with E-state index in [1.165, 1.54) is 0 Å². The lowest BCUT2D eigenvalue weighted by atomic mass is 9.95. The highest BCUT2D eigenvalue weighted by molar-refractivity contribution is 5.82. The van der Waals surface area contributed by atoms with Crippen molar-refractivity contribution in [1.82, 2.24) is 4.98 Å². The monoisotopic (exact) mass is 291 g/mol. The van der Waals surface area contributed by atoms with E-state index in [9.17, 15) is 15.3 Å². The number of anilines is 2. The lowest BCUT2D eigenvalue weighted by molar-refractivity contribution is 0.956. The molecule has 3 N–H and O–H groups in total. The van der Waals surface area contributed by atoms with Gasteiger partial charge in [-0.15, -0.1) is 0 Å². The van der Waals surface area contributed by atoms with Crippen molar-refractivity contribution in [3.05, 3.63) is 45.2 Å². The zero-order valence-corrected chi connectivity index (χ0v) is 12.0. The average molecular weight is 291 g/mol. The normalized spacial score (nSPS) is 12.6. The molecule has 0 bridgehead atoms. The molecular formula is C16H13N5O. The summed E-state index contributed by atoms with van der Waals surface area (Å²) in [5, 5.41) is 18.6. The molecule has 0 radical (unpaired) electrons. The van der Waals surface area contributed by atoms with E-state index in [0.717, 1.165) is 24.2 Å². The zero-order valence-electron chi connectivity index (χ0n) is 12.0. The highest BCUT2D eigenvalue weighted by Crippen LogP contribution is 2.34. The molecule has 2 aromatic rings. The van der Waals surface area contributed by atoms with Crippen LogP contribution in [0.5, 0.6) is 0 Å². The molecule has 108 valence electrons. The summed E-state index contributed by atoms with van der Waals surface area (Å²) in [7, 11) is 2.01. The smallest absolute Gasteiger partial charge is 0.268 e. The largest absolute Gasteiger partial charge is 0.384 e. The van der Waals surface area contributed by atoms with Crippen LogP contribution in [0.4, 0.5) is 11.5 Å². The molecule has 0 atom stereocenters. The van der Waals surface area contributed by atoms with Crippen LogP contribution in [0.2, 0.25) is 0 Å². The fourth-order valence-corrected chi connectivity index (χ4v) is 2.85. The number of nitrogen functional groups attached to an aromatic ring is 1. The Morgan fingerprint density at radius 3 is 2.68 bits per heavy atom. The number of aromatic amines is 1. The fourth-order valence-electron chi connectivity index (χ4n) is 2.85. The summed E-state index contributed by atoms with van der Waals surface area (Å²) in [4.78, 5) is 16.4. The molecule has 22 heavy (non-hydrogen) atoms. The zero-order chi connectivity index (χ0) is 15.9. The van der Waals surface area contributed by atoms with E-state index in [1.54, 1.807) is 0 Å². The minimum absolute atomic E-state index is 0.0147. The van der Waals surface area contributed by atoms with Crippen LogP contribution in [0, 0.1) is 22.7 Å². The number of likely N-dealkylation sites (N-methyl/N-ethyl adjacent to an activating group) is 1. The van der Waals surface area contributed by atoms with Crippen LogP contribution >= 0.6 is 0 Å². The summed E-state index contributed by atoms with van der Waals surface area (Å²) in [6.07, 6.45) is 0.891. The third-order valence-electron chi connectivity index (χ3n) is 3.96. The first-order valence-electron chi connectivity index (χ1n) is 6.77. The number of nitrogens with one attached hydrogen (secondary N) is 1. The molecule has 0 aliphatic carbocycles. The number of nitrogens with zero attached hydrogens (tertiary/aromatic N) is 3. The number of benzene rings is 1. The Morgan fingerprint density at radius 2 is 2.00 bits per heavy atom. The van der Waals surface area contributed by atoms with Gasteiger partial charge in [-0.05, 0) is 29.7 Å². The van der Waals surface area contributed by atoms with E-state index >= 15 is 0 Å². The molecule has 0 saturated heterocycles. The molecule has 0 unspecified atom stereocenters. The number of aromatic nitrogens is 1. The van der Waals surface area contributed by atoms with Crippen LogP contribution in [0.15, 0.2) is 23.0 Å². The van der Waals surface area contributed by atoms with Crippen molar-refractivity contribution in [2.24, 2.45) is 0 Å². The van der Waals surface area contributed by atoms with E-state index in [1.807, 2.05) is 37.4 Å². The second-order valence-electron chi connectivity index (χ2n) is 5.23. The Labute approximate surface area is 127 Å². The minimum Gasteiger partial charge on any atom is -0.384 e. The second kappa shape index (κ2) is 4.94. The molecule has 1 aromatic heterocycles. The molecule has 0 amide bonds. The lowest BCUT2D eigenvalue weighted by Crippen LogP contribution is -2.16. The van der Waals surface area contributed by atoms with E-state index in [4.69, 9.17) is 5.73 Å². The standard InChI is InChI=1S/C16H13N5O/c1-21-5-4-9-6-10(2-3-13(9)21)14-11(7-17)15(19)20-16(22)12(14)8-18/h2-3,6H,4-5H2,1H3,(H3,19,20,22). The van der Waals surface area contributed by atoms with E-state index in [2.05, 4.69) is 9.88 Å². The van der Waals surface area contributed by atoms with Crippen molar-refractivity contribution >= 4 is 11.5 Å². The minimum atomic E-state index is -0.577. The summed E-state index contributed by atoms with van der Waals surface area (Å²) in [5.41, 5.74) is 8.43. The summed E-state index contributed by atoms with van der Waals surface area (Å²) in [6.45, 7) is 0.923. The van der Waals surface area contributed by atoms with E-state index < -0.39 is 5.56 Å². The van der Waals surface area contributed by atoms with Crippen LogP contribution < -0.4 is 16.2 Å². The maximum Gasteiger partial charge on any atom is 0.268 e. The van der Waals surface area contributed by atoms with Crippen molar-refractivity contribution in [1.29, 1.82) is 10.5 Å².